The van der Waals surface area contributed by atoms with Crippen molar-refractivity contribution in [3.63, 3.8) is 0 Å². The van der Waals surface area contributed by atoms with E-state index in [2.05, 4.69) is 15.9 Å². The summed E-state index contributed by atoms with van der Waals surface area (Å²) in [6.07, 6.45) is 0.0125. The molecule has 1 aliphatic heterocycles. The molecular weight excluding hydrogens is 278 g/mol. The summed E-state index contributed by atoms with van der Waals surface area (Å²) in [7, 11) is 1.58. The molecule has 1 aliphatic rings. The van der Waals surface area contributed by atoms with E-state index in [0.29, 0.717) is 19.6 Å². The van der Waals surface area contributed by atoms with Gasteiger partial charge in [0.15, 0.2) is 5.78 Å². The van der Waals surface area contributed by atoms with Crippen LogP contribution in [0.3, 0.4) is 0 Å². The summed E-state index contributed by atoms with van der Waals surface area (Å²) in [4.78, 5) is 24.7. The van der Waals surface area contributed by atoms with Gasteiger partial charge in [-0.15, -0.1) is 0 Å². The zero-order valence-corrected chi connectivity index (χ0v) is 11.0. The number of ether oxygens (including phenoxy) is 2. The number of Topliss-reactive ketones (excluding diaryl/α,β-unsaturated/α-hetero) is 1. The van der Waals surface area contributed by atoms with Crippen molar-refractivity contribution in [3.05, 3.63) is 0 Å². The standard InChI is InChI=1S/C10H16BrNO4/c1-3-16-10(14)12-6-7(15-2)4-8(12)9(13)5-11/h7-8H,3-6H2,1-2H3. The summed E-state index contributed by atoms with van der Waals surface area (Å²) in [5, 5.41) is 0.240. The van der Waals surface area contributed by atoms with Crippen molar-refractivity contribution < 1.29 is 19.1 Å². The maximum absolute atomic E-state index is 11.6. The maximum atomic E-state index is 11.6. The van der Waals surface area contributed by atoms with Crippen LogP contribution in [-0.4, -0.2) is 54.5 Å². The Hall–Kier alpha value is -0.620. The second kappa shape index (κ2) is 6.20. The Balaban J connectivity index is 2.71. The number of likely N-dealkylation sites (tertiary alicyclic amines) is 1. The molecule has 0 bridgehead atoms. The van der Waals surface area contributed by atoms with Crippen LogP contribution in [0.15, 0.2) is 0 Å². The van der Waals surface area contributed by atoms with E-state index in [1.807, 2.05) is 0 Å². The van der Waals surface area contributed by atoms with Crippen LogP contribution >= 0.6 is 15.9 Å². The average Bonchev–Trinajstić information content (AvgIpc) is 2.72. The smallest absolute Gasteiger partial charge is 0.410 e. The number of amides is 1. The van der Waals surface area contributed by atoms with Gasteiger partial charge < -0.3 is 9.47 Å². The predicted octanol–water partition coefficient (Wildman–Crippen LogP) is 1.20. The Bertz CT molecular complexity index is 272. The molecule has 0 N–H and O–H groups in total. The molecule has 5 nitrogen and oxygen atoms in total. The second-order valence-electron chi connectivity index (χ2n) is 3.56. The van der Waals surface area contributed by atoms with Crippen molar-refractivity contribution in [1.29, 1.82) is 0 Å². The summed E-state index contributed by atoms with van der Waals surface area (Å²) < 4.78 is 10.1. The molecule has 1 amide bonds. The fourth-order valence-corrected chi connectivity index (χ4v) is 2.14. The van der Waals surface area contributed by atoms with Gasteiger partial charge in [-0.25, -0.2) is 4.79 Å². The predicted molar refractivity (Wildman–Crippen MR) is 61.7 cm³/mol. The van der Waals surface area contributed by atoms with Crippen molar-refractivity contribution in [3.8, 4) is 0 Å². The van der Waals surface area contributed by atoms with Crippen molar-refractivity contribution >= 4 is 27.8 Å². The Morgan fingerprint density at radius 3 is 2.69 bits per heavy atom. The van der Waals surface area contributed by atoms with E-state index < -0.39 is 12.1 Å². The molecule has 1 heterocycles. The average molecular weight is 294 g/mol. The van der Waals surface area contributed by atoms with E-state index in [9.17, 15) is 9.59 Å². The number of carbonyl (C=O) groups is 2. The number of halogens is 1. The number of alkyl halides is 1. The van der Waals surface area contributed by atoms with Gasteiger partial charge in [0.05, 0.1) is 30.6 Å². The molecule has 1 saturated heterocycles. The normalized spacial score (nSPS) is 24.6. The first-order valence-corrected chi connectivity index (χ1v) is 6.31. The summed E-state index contributed by atoms with van der Waals surface area (Å²) in [5.74, 6) is -0.0207. The van der Waals surface area contributed by atoms with Crippen LogP contribution in [0.25, 0.3) is 0 Å². The van der Waals surface area contributed by atoms with Crippen LogP contribution in [0, 0.1) is 0 Å². The number of carbonyl (C=O) groups excluding carboxylic acids is 2. The van der Waals surface area contributed by atoms with Gasteiger partial charge in [0.1, 0.15) is 0 Å². The van der Waals surface area contributed by atoms with Crippen LogP contribution in [0.4, 0.5) is 4.79 Å². The van der Waals surface area contributed by atoms with Gasteiger partial charge >= 0.3 is 6.09 Å². The third-order valence-corrected chi connectivity index (χ3v) is 3.15. The van der Waals surface area contributed by atoms with Gasteiger partial charge in [0, 0.05) is 13.5 Å². The number of ketones is 1. The Morgan fingerprint density at radius 1 is 1.50 bits per heavy atom. The number of hydrogen-bond acceptors (Lipinski definition) is 4. The summed E-state index contributed by atoms with van der Waals surface area (Å²) >= 11 is 3.11. The van der Waals surface area contributed by atoms with Gasteiger partial charge in [-0.05, 0) is 6.92 Å². The van der Waals surface area contributed by atoms with Crippen LogP contribution in [0.2, 0.25) is 0 Å². The van der Waals surface area contributed by atoms with Gasteiger partial charge in [0.25, 0.3) is 0 Å². The quantitative estimate of drug-likeness (QED) is 0.731. The molecule has 2 unspecified atom stereocenters. The lowest BCUT2D eigenvalue weighted by Gasteiger charge is -2.21. The van der Waals surface area contributed by atoms with Crippen molar-refractivity contribution in [1.82, 2.24) is 4.90 Å². The first kappa shape index (κ1) is 13.4. The van der Waals surface area contributed by atoms with E-state index in [-0.39, 0.29) is 17.2 Å². The molecule has 0 aromatic carbocycles. The second-order valence-corrected chi connectivity index (χ2v) is 4.12. The minimum atomic E-state index is -0.443. The van der Waals surface area contributed by atoms with Crippen molar-refractivity contribution in [2.45, 2.75) is 25.5 Å². The lowest BCUT2D eigenvalue weighted by Crippen LogP contribution is -2.41. The number of nitrogens with zero attached hydrogens (tertiary/aromatic N) is 1. The highest BCUT2D eigenvalue weighted by Crippen LogP contribution is 2.22. The van der Waals surface area contributed by atoms with Crippen LogP contribution in [-0.2, 0) is 14.3 Å². The Labute approximate surface area is 103 Å². The molecule has 0 aromatic heterocycles. The molecule has 0 aromatic rings. The van der Waals surface area contributed by atoms with Crippen LogP contribution in [0.5, 0.6) is 0 Å². The maximum Gasteiger partial charge on any atom is 0.410 e. The lowest BCUT2D eigenvalue weighted by molar-refractivity contribution is -0.120. The topological polar surface area (TPSA) is 55.8 Å². The van der Waals surface area contributed by atoms with E-state index in [4.69, 9.17) is 9.47 Å². The third kappa shape index (κ3) is 2.95. The highest BCUT2D eigenvalue weighted by atomic mass is 79.9. The first-order chi connectivity index (χ1) is 7.63. The van der Waals surface area contributed by atoms with Crippen LogP contribution in [0.1, 0.15) is 13.3 Å². The Morgan fingerprint density at radius 2 is 2.19 bits per heavy atom. The van der Waals surface area contributed by atoms with E-state index in [0.717, 1.165) is 0 Å². The number of methoxy groups -OCH3 is 1. The monoisotopic (exact) mass is 293 g/mol. The molecule has 2 atom stereocenters. The molecule has 6 heteroatoms. The highest BCUT2D eigenvalue weighted by molar-refractivity contribution is 9.09. The fraction of sp³-hybridized carbons (Fsp3) is 0.800. The zero-order valence-electron chi connectivity index (χ0n) is 9.44. The van der Waals surface area contributed by atoms with Crippen LogP contribution < -0.4 is 0 Å². The van der Waals surface area contributed by atoms with Gasteiger partial charge in [-0.2, -0.15) is 0 Å². The number of rotatable bonds is 4. The minimum absolute atomic E-state index is 0.0207. The summed E-state index contributed by atoms with van der Waals surface area (Å²) in [6.45, 7) is 2.46. The van der Waals surface area contributed by atoms with Crippen molar-refractivity contribution in [2.24, 2.45) is 0 Å². The lowest BCUT2D eigenvalue weighted by atomic mass is 10.1. The van der Waals surface area contributed by atoms with Gasteiger partial charge in [-0.3, -0.25) is 9.69 Å². The van der Waals surface area contributed by atoms with Gasteiger partial charge in [-0.1, -0.05) is 15.9 Å². The molecule has 0 radical (unpaired) electrons. The molecule has 1 fully saturated rings. The molecule has 0 saturated carbocycles. The number of hydrogen-bond donors (Lipinski definition) is 0. The molecule has 92 valence electrons. The molecule has 1 rings (SSSR count). The Kier molecular flexibility index (Phi) is 5.21. The van der Waals surface area contributed by atoms with Gasteiger partial charge in [0.2, 0.25) is 0 Å². The molecule has 0 spiro atoms. The molecule has 0 aliphatic carbocycles. The largest absolute Gasteiger partial charge is 0.450 e. The van der Waals surface area contributed by atoms with E-state index in [1.165, 1.54) is 4.90 Å². The minimum Gasteiger partial charge on any atom is -0.450 e. The summed E-state index contributed by atoms with van der Waals surface area (Å²) in [6, 6.07) is -0.427. The molecular formula is C10H16BrNO4. The van der Waals surface area contributed by atoms with E-state index in [1.54, 1.807) is 14.0 Å². The summed E-state index contributed by atoms with van der Waals surface area (Å²) in [5.41, 5.74) is 0. The van der Waals surface area contributed by atoms with E-state index >= 15 is 0 Å². The SMILES string of the molecule is CCOC(=O)N1CC(OC)CC1C(=O)CBr. The highest BCUT2D eigenvalue weighted by Gasteiger charge is 2.39. The third-order valence-electron chi connectivity index (χ3n) is 2.60. The fourth-order valence-electron chi connectivity index (χ4n) is 1.77. The molecule has 16 heavy (non-hydrogen) atoms. The zero-order chi connectivity index (χ0) is 12.1. The first-order valence-electron chi connectivity index (χ1n) is 5.18. The van der Waals surface area contributed by atoms with Crippen molar-refractivity contribution in [2.75, 3.05) is 25.6 Å².